The van der Waals surface area contributed by atoms with E-state index in [1.165, 1.54) is 10.7 Å². The molecule has 1 aromatic carbocycles. The summed E-state index contributed by atoms with van der Waals surface area (Å²) in [5, 5.41) is 4.99. The van der Waals surface area contributed by atoms with Crippen LogP contribution >= 0.6 is 11.6 Å². The van der Waals surface area contributed by atoms with Gasteiger partial charge in [0.1, 0.15) is 0 Å². The molecule has 2 rings (SSSR count). The summed E-state index contributed by atoms with van der Waals surface area (Å²) >= 11 is 5.83. The SMILES string of the molecule is NCCCn1nc(-c2ccc(Cl)cc2)ccc1=O. The second kappa shape index (κ2) is 5.80. The highest BCUT2D eigenvalue weighted by Crippen LogP contribution is 2.18. The Morgan fingerprint density at radius 2 is 1.89 bits per heavy atom. The molecule has 2 aromatic rings. The summed E-state index contributed by atoms with van der Waals surface area (Å²) in [5.41, 5.74) is 7.01. The molecule has 0 aliphatic rings. The lowest BCUT2D eigenvalue weighted by Gasteiger charge is -2.06. The molecule has 18 heavy (non-hydrogen) atoms. The van der Waals surface area contributed by atoms with Gasteiger partial charge in [-0.2, -0.15) is 5.10 Å². The van der Waals surface area contributed by atoms with Crippen LogP contribution in [0.4, 0.5) is 0 Å². The maximum atomic E-state index is 11.6. The Hall–Kier alpha value is -1.65. The lowest BCUT2D eigenvalue weighted by molar-refractivity contribution is 0.556. The number of hydrogen-bond donors (Lipinski definition) is 1. The van der Waals surface area contributed by atoms with E-state index >= 15 is 0 Å². The molecule has 0 spiro atoms. The molecule has 0 aliphatic heterocycles. The van der Waals surface area contributed by atoms with E-state index in [0.29, 0.717) is 18.1 Å². The Bertz CT molecular complexity index is 578. The fraction of sp³-hybridized carbons (Fsp3) is 0.231. The van der Waals surface area contributed by atoms with Gasteiger partial charge in [-0.15, -0.1) is 0 Å². The van der Waals surface area contributed by atoms with Crippen LogP contribution in [0.15, 0.2) is 41.2 Å². The topological polar surface area (TPSA) is 60.9 Å². The molecule has 94 valence electrons. The van der Waals surface area contributed by atoms with E-state index in [-0.39, 0.29) is 5.56 Å². The van der Waals surface area contributed by atoms with Crippen LogP contribution in [0.2, 0.25) is 5.02 Å². The monoisotopic (exact) mass is 263 g/mol. The largest absolute Gasteiger partial charge is 0.330 e. The summed E-state index contributed by atoms with van der Waals surface area (Å²) in [6, 6.07) is 10.6. The highest BCUT2D eigenvalue weighted by atomic mass is 35.5. The lowest BCUT2D eigenvalue weighted by atomic mass is 10.1. The van der Waals surface area contributed by atoms with Gasteiger partial charge < -0.3 is 5.73 Å². The highest BCUT2D eigenvalue weighted by Gasteiger charge is 2.03. The van der Waals surface area contributed by atoms with Gasteiger partial charge in [0.15, 0.2) is 0 Å². The predicted octanol–water partition coefficient (Wildman–Crippen LogP) is 1.91. The van der Waals surface area contributed by atoms with Crippen LogP contribution in [0.3, 0.4) is 0 Å². The van der Waals surface area contributed by atoms with E-state index in [1.54, 1.807) is 18.2 Å². The molecule has 1 heterocycles. The number of rotatable bonds is 4. The maximum Gasteiger partial charge on any atom is 0.266 e. The van der Waals surface area contributed by atoms with E-state index in [0.717, 1.165) is 17.7 Å². The number of aromatic nitrogens is 2. The zero-order valence-electron chi connectivity index (χ0n) is 9.84. The van der Waals surface area contributed by atoms with Gasteiger partial charge >= 0.3 is 0 Å². The molecular formula is C13H14ClN3O. The third kappa shape index (κ3) is 2.97. The Morgan fingerprint density at radius 3 is 2.56 bits per heavy atom. The molecule has 0 radical (unpaired) electrons. The van der Waals surface area contributed by atoms with Crippen molar-refractivity contribution in [2.24, 2.45) is 5.73 Å². The Morgan fingerprint density at radius 1 is 1.17 bits per heavy atom. The van der Waals surface area contributed by atoms with Crippen LogP contribution in [-0.4, -0.2) is 16.3 Å². The Labute approximate surface area is 110 Å². The Balaban J connectivity index is 2.34. The molecule has 0 aliphatic carbocycles. The molecule has 0 saturated carbocycles. The van der Waals surface area contributed by atoms with Crippen molar-refractivity contribution in [3.63, 3.8) is 0 Å². The van der Waals surface area contributed by atoms with Crippen molar-refractivity contribution in [3.8, 4) is 11.3 Å². The first-order valence-electron chi connectivity index (χ1n) is 5.75. The summed E-state index contributed by atoms with van der Waals surface area (Å²) in [4.78, 5) is 11.6. The first-order valence-corrected chi connectivity index (χ1v) is 6.12. The first kappa shape index (κ1) is 12.8. The molecule has 2 N–H and O–H groups in total. The molecule has 0 saturated heterocycles. The van der Waals surface area contributed by atoms with E-state index < -0.39 is 0 Å². The van der Waals surface area contributed by atoms with Crippen LogP contribution in [0, 0.1) is 0 Å². The number of aryl methyl sites for hydroxylation is 1. The highest BCUT2D eigenvalue weighted by molar-refractivity contribution is 6.30. The molecule has 0 unspecified atom stereocenters. The van der Waals surface area contributed by atoms with Gasteiger partial charge in [0.2, 0.25) is 0 Å². The quantitative estimate of drug-likeness (QED) is 0.917. The van der Waals surface area contributed by atoms with Crippen LogP contribution in [0.25, 0.3) is 11.3 Å². The van der Waals surface area contributed by atoms with E-state index in [2.05, 4.69) is 5.10 Å². The van der Waals surface area contributed by atoms with Crippen molar-refractivity contribution < 1.29 is 0 Å². The smallest absolute Gasteiger partial charge is 0.266 e. The van der Waals surface area contributed by atoms with Gasteiger partial charge in [0.25, 0.3) is 5.56 Å². The van der Waals surface area contributed by atoms with Crippen LogP contribution in [0.1, 0.15) is 6.42 Å². The second-order valence-electron chi connectivity index (χ2n) is 3.93. The van der Waals surface area contributed by atoms with Gasteiger partial charge in [0.05, 0.1) is 5.69 Å². The molecule has 1 aromatic heterocycles. The van der Waals surface area contributed by atoms with Crippen molar-refractivity contribution in [1.82, 2.24) is 9.78 Å². The average Bonchev–Trinajstić information content (AvgIpc) is 2.39. The van der Waals surface area contributed by atoms with Crippen molar-refractivity contribution in [3.05, 3.63) is 51.8 Å². The van der Waals surface area contributed by atoms with Gasteiger partial charge in [-0.3, -0.25) is 4.79 Å². The molecule has 4 nitrogen and oxygen atoms in total. The number of halogens is 1. The normalized spacial score (nSPS) is 10.6. The van der Waals surface area contributed by atoms with E-state index in [9.17, 15) is 4.79 Å². The zero-order chi connectivity index (χ0) is 13.0. The maximum absolute atomic E-state index is 11.6. The molecular weight excluding hydrogens is 250 g/mol. The minimum Gasteiger partial charge on any atom is -0.330 e. The third-order valence-electron chi connectivity index (χ3n) is 2.58. The fourth-order valence-corrected chi connectivity index (χ4v) is 1.75. The standard InChI is InChI=1S/C13H14ClN3O/c14-11-4-2-10(3-5-11)12-6-7-13(18)17(16-12)9-1-8-15/h2-7H,1,8-9,15H2. The molecule has 0 atom stereocenters. The van der Waals surface area contributed by atoms with Crippen molar-refractivity contribution in [2.45, 2.75) is 13.0 Å². The van der Waals surface area contributed by atoms with Crippen LogP contribution in [0.5, 0.6) is 0 Å². The summed E-state index contributed by atoms with van der Waals surface area (Å²) in [6.07, 6.45) is 0.733. The van der Waals surface area contributed by atoms with Crippen LogP contribution < -0.4 is 11.3 Å². The summed E-state index contributed by atoms with van der Waals surface area (Å²) in [7, 11) is 0. The number of nitrogens with two attached hydrogens (primary N) is 1. The predicted molar refractivity (Wildman–Crippen MR) is 72.6 cm³/mol. The van der Waals surface area contributed by atoms with Gasteiger partial charge in [-0.1, -0.05) is 23.7 Å². The van der Waals surface area contributed by atoms with E-state index in [4.69, 9.17) is 17.3 Å². The summed E-state index contributed by atoms with van der Waals surface area (Å²) < 4.78 is 1.44. The van der Waals surface area contributed by atoms with Crippen molar-refractivity contribution >= 4 is 11.6 Å². The van der Waals surface area contributed by atoms with Gasteiger partial charge in [0, 0.05) is 23.2 Å². The number of benzene rings is 1. The van der Waals surface area contributed by atoms with Gasteiger partial charge in [-0.05, 0) is 31.2 Å². The minimum absolute atomic E-state index is 0.110. The number of hydrogen-bond acceptors (Lipinski definition) is 3. The molecule has 0 amide bonds. The third-order valence-corrected chi connectivity index (χ3v) is 2.83. The summed E-state index contributed by atoms with van der Waals surface area (Å²) in [6.45, 7) is 1.08. The zero-order valence-corrected chi connectivity index (χ0v) is 10.6. The molecule has 0 bridgehead atoms. The van der Waals surface area contributed by atoms with Crippen molar-refractivity contribution in [2.75, 3.05) is 6.54 Å². The second-order valence-corrected chi connectivity index (χ2v) is 4.37. The molecule has 5 heteroatoms. The van der Waals surface area contributed by atoms with Gasteiger partial charge in [-0.25, -0.2) is 4.68 Å². The fourth-order valence-electron chi connectivity index (χ4n) is 1.62. The average molecular weight is 264 g/mol. The minimum atomic E-state index is -0.110. The first-order chi connectivity index (χ1) is 8.70. The molecule has 0 fully saturated rings. The lowest BCUT2D eigenvalue weighted by Crippen LogP contribution is -2.23. The van der Waals surface area contributed by atoms with E-state index in [1.807, 2.05) is 12.1 Å². The number of nitrogens with zero attached hydrogens (tertiary/aromatic N) is 2. The van der Waals surface area contributed by atoms with Crippen LogP contribution in [-0.2, 0) is 6.54 Å². The van der Waals surface area contributed by atoms with Crippen molar-refractivity contribution in [1.29, 1.82) is 0 Å². The Kier molecular flexibility index (Phi) is 4.12. The summed E-state index contributed by atoms with van der Waals surface area (Å²) in [5.74, 6) is 0.